The van der Waals surface area contributed by atoms with E-state index in [4.69, 9.17) is 19.9 Å². The molecular weight excluding hydrogens is 1080 g/mol. The van der Waals surface area contributed by atoms with Crippen molar-refractivity contribution in [1.29, 1.82) is 0 Å². The predicted octanol–water partition coefficient (Wildman–Crippen LogP) is 10.6. The highest BCUT2D eigenvalue weighted by atomic mass is 19.4. The number of ketones is 1. The van der Waals surface area contributed by atoms with E-state index in [0.717, 1.165) is 77.4 Å². The number of nitrogens with two attached hydrogens (primary N) is 1. The Hall–Kier alpha value is -10.4. The Morgan fingerprint density at radius 1 is 0.562 bits per heavy atom. The summed E-state index contributed by atoms with van der Waals surface area (Å²) in [7, 11) is 0. The number of carboxylic acids is 1. The van der Waals surface area contributed by atoms with E-state index in [1.54, 1.807) is 6.07 Å². The second-order valence-corrected chi connectivity index (χ2v) is 16.6. The van der Waals surface area contributed by atoms with E-state index in [2.05, 4.69) is 40.6 Å². The molecule has 412 valence electrons. The number of benzene rings is 2. The van der Waals surface area contributed by atoms with Crippen molar-refractivity contribution in [3.05, 3.63) is 226 Å². The molecule has 0 aliphatic rings. The fraction of sp³-hybridized carbons (Fsp3) is 0.137. The van der Waals surface area contributed by atoms with E-state index < -0.39 is 46.1 Å². The van der Waals surface area contributed by atoms with Gasteiger partial charge in [0.15, 0.2) is 28.7 Å². The van der Waals surface area contributed by atoms with Crippen LogP contribution in [-0.2, 0) is 44.6 Å². The van der Waals surface area contributed by atoms with Gasteiger partial charge < -0.3 is 19.9 Å². The molecule has 0 aliphatic carbocycles. The summed E-state index contributed by atoms with van der Waals surface area (Å²) in [6.45, 7) is -0.366. The second kappa shape index (κ2) is 25.2. The zero-order valence-corrected chi connectivity index (χ0v) is 40.7. The molecule has 10 rings (SSSR count). The first-order chi connectivity index (χ1) is 38.0. The van der Waals surface area contributed by atoms with Gasteiger partial charge in [0.2, 0.25) is 0 Å². The Balaban J connectivity index is 0.000000161. The molecule has 0 bridgehead atoms. The molecule has 80 heavy (non-hydrogen) atoms. The zero-order chi connectivity index (χ0) is 57.6. The fourth-order valence-electron chi connectivity index (χ4n) is 7.13. The minimum atomic E-state index is -4.50. The number of carbonyl (C=O) groups excluding carboxylic acids is 1. The maximum Gasteiger partial charge on any atom is 0.416 e. The molecule has 0 atom stereocenters. The second-order valence-electron chi connectivity index (χ2n) is 16.6. The molecule has 0 radical (unpaired) electrons. The average Bonchev–Trinajstić information content (AvgIpc) is 4.31. The molecule has 3 N–H and O–H groups in total. The van der Waals surface area contributed by atoms with Crippen molar-refractivity contribution in [2.45, 2.75) is 44.6 Å². The lowest BCUT2D eigenvalue weighted by Gasteiger charge is -2.11. The number of halogens is 9. The Labute approximate surface area is 443 Å². The van der Waals surface area contributed by atoms with Crippen LogP contribution in [0.5, 0.6) is 0 Å². The molecule has 10 aromatic rings. The minimum absolute atomic E-state index is 0.0000688. The highest BCUT2D eigenvalue weighted by Crippen LogP contribution is 2.34. The van der Waals surface area contributed by atoms with E-state index in [1.165, 1.54) is 46.4 Å². The van der Waals surface area contributed by atoms with E-state index in [1.807, 2.05) is 60.7 Å². The molecule has 0 spiro atoms. The number of hydrogen-bond donors (Lipinski definition) is 2. The SMILES string of the molecule is Nc1cnn(Cc2cnccc2C(F)(F)F)c1.O=C(Cc1cnn(Cc2cnccc2C(F)(F)F)c1)c1cc(-c2ccccc2)on1.O=C(O)c1cc(-c2ccccc2)on1.O=[N+]([O-])c1cnn(Cc2cnccc2C(F)(F)F)c1. The summed E-state index contributed by atoms with van der Waals surface area (Å²) in [6.07, 6.45) is 1.15. The molecule has 0 saturated heterocycles. The number of rotatable bonds is 13. The summed E-state index contributed by atoms with van der Waals surface area (Å²) in [6, 6.07) is 24.2. The van der Waals surface area contributed by atoms with Gasteiger partial charge in [-0.15, -0.1) is 0 Å². The van der Waals surface area contributed by atoms with Gasteiger partial charge in [0, 0.05) is 95.9 Å². The molecule has 0 saturated carbocycles. The number of nitrogen functional groups attached to an aromatic ring is 1. The number of pyridine rings is 3. The maximum absolute atomic E-state index is 13.1. The van der Waals surface area contributed by atoms with Gasteiger partial charge >= 0.3 is 30.2 Å². The van der Waals surface area contributed by atoms with Crippen LogP contribution in [0.15, 0.2) is 174 Å². The fourth-order valence-corrected chi connectivity index (χ4v) is 7.13. The first kappa shape index (κ1) is 57.4. The van der Waals surface area contributed by atoms with Crippen molar-refractivity contribution in [3.8, 4) is 22.6 Å². The number of aromatic carboxylic acids is 1. The van der Waals surface area contributed by atoms with E-state index in [0.29, 0.717) is 22.8 Å². The number of nitrogens with zero attached hydrogens (tertiary/aromatic N) is 12. The van der Waals surface area contributed by atoms with Gasteiger partial charge in [-0.3, -0.25) is 43.9 Å². The lowest BCUT2D eigenvalue weighted by atomic mass is 10.1. The predicted molar refractivity (Wildman–Crippen MR) is 262 cm³/mol. The van der Waals surface area contributed by atoms with Crippen LogP contribution in [-0.4, -0.2) is 76.4 Å². The number of anilines is 1. The van der Waals surface area contributed by atoms with Gasteiger partial charge in [0.1, 0.15) is 12.4 Å². The van der Waals surface area contributed by atoms with Crippen LogP contribution in [0.1, 0.15) is 59.9 Å². The van der Waals surface area contributed by atoms with Crippen LogP contribution in [0.3, 0.4) is 0 Å². The largest absolute Gasteiger partial charge is 0.476 e. The van der Waals surface area contributed by atoms with Gasteiger partial charge in [-0.2, -0.15) is 54.8 Å². The molecule has 0 aliphatic heterocycles. The third-order valence-corrected chi connectivity index (χ3v) is 10.8. The van der Waals surface area contributed by atoms with E-state index in [9.17, 15) is 59.2 Å². The van der Waals surface area contributed by atoms with Crippen molar-refractivity contribution in [2.24, 2.45) is 0 Å². The Morgan fingerprint density at radius 2 is 0.975 bits per heavy atom. The van der Waals surface area contributed by atoms with Crippen LogP contribution in [0, 0.1) is 10.1 Å². The van der Waals surface area contributed by atoms with Gasteiger partial charge in [-0.25, -0.2) is 4.79 Å². The van der Waals surface area contributed by atoms with E-state index in [-0.39, 0.29) is 65.6 Å². The standard InChI is InChI=1S/C21H15F3N4O2.C10H7F3N4O2.C10H9F3N4.C10H7NO3/c22-21(23,24)17-6-7-25-11-16(17)13-28-12-14(10-26-28)8-19(29)18-9-20(30-27-18)15-4-2-1-3-5-15;11-10(12,13)9-1-2-14-3-7(9)5-16-6-8(4-15-16)17(18)19;11-10(12,13)9-1-2-15-3-7(9)5-17-6-8(14)4-16-17;12-10(13)8-6-9(14-11-8)7-4-2-1-3-5-7/h1-7,9-12H,8,13H2;1-4,6H,5H2;1-4,6H,5,14H2;1-6H,(H,12,13). The molecule has 0 unspecified atom stereocenters. The number of carbonyl (C=O) groups is 2. The number of alkyl halides is 9. The first-order valence-electron chi connectivity index (χ1n) is 22.8. The summed E-state index contributed by atoms with van der Waals surface area (Å²) in [4.78, 5) is 43.9. The highest BCUT2D eigenvalue weighted by Gasteiger charge is 2.35. The van der Waals surface area contributed by atoms with Gasteiger partial charge in [0.25, 0.3) is 0 Å². The number of hydrogen-bond acceptors (Lipinski definition) is 15. The molecule has 0 fully saturated rings. The van der Waals surface area contributed by atoms with Crippen LogP contribution >= 0.6 is 0 Å². The number of aromatic nitrogens is 11. The third-order valence-electron chi connectivity index (χ3n) is 10.8. The van der Waals surface area contributed by atoms with Crippen molar-refractivity contribution in [3.63, 3.8) is 0 Å². The van der Waals surface area contributed by atoms with Crippen LogP contribution in [0.2, 0.25) is 0 Å². The van der Waals surface area contributed by atoms with Crippen molar-refractivity contribution < 1.29 is 68.2 Å². The Kier molecular flexibility index (Phi) is 18.1. The Bertz CT molecular complexity index is 3670. The molecule has 8 aromatic heterocycles. The summed E-state index contributed by atoms with van der Waals surface area (Å²) in [5, 5.41) is 37.8. The number of nitro groups is 1. The van der Waals surface area contributed by atoms with Crippen molar-refractivity contribution >= 4 is 23.1 Å². The maximum atomic E-state index is 13.1. The quantitative estimate of drug-likeness (QED) is 0.0470. The lowest BCUT2D eigenvalue weighted by molar-refractivity contribution is -0.385. The highest BCUT2D eigenvalue weighted by molar-refractivity contribution is 5.96. The van der Waals surface area contributed by atoms with Crippen molar-refractivity contribution in [1.82, 2.24) is 54.6 Å². The molecular formula is C51H38F9N13O7. The van der Waals surface area contributed by atoms with Crippen LogP contribution in [0.4, 0.5) is 50.9 Å². The van der Waals surface area contributed by atoms with Crippen LogP contribution < -0.4 is 5.73 Å². The lowest BCUT2D eigenvalue weighted by Crippen LogP contribution is -2.12. The molecule has 20 nitrogen and oxygen atoms in total. The number of Topliss-reactive ketones (excluding diaryl/α,β-unsaturated/α-hetero) is 1. The first-order valence-corrected chi connectivity index (χ1v) is 22.8. The topological polar surface area (TPSA) is 268 Å². The van der Waals surface area contributed by atoms with Gasteiger partial charge in [-0.1, -0.05) is 71.0 Å². The summed E-state index contributed by atoms with van der Waals surface area (Å²) >= 11 is 0. The zero-order valence-electron chi connectivity index (χ0n) is 40.7. The molecule has 8 heterocycles. The van der Waals surface area contributed by atoms with Crippen molar-refractivity contribution in [2.75, 3.05) is 5.73 Å². The molecule has 2 aromatic carbocycles. The van der Waals surface area contributed by atoms with Crippen LogP contribution in [0.25, 0.3) is 22.6 Å². The molecule has 0 amide bonds. The van der Waals surface area contributed by atoms with Gasteiger partial charge in [0.05, 0.1) is 59.3 Å². The van der Waals surface area contributed by atoms with E-state index >= 15 is 0 Å². The summed E-state index contributed by atoms with van der Waals surface area (Å²) < 4.78 is 129. The normalized spacial score (nSPS) is 11.3. The molecule has 29 heteroatoms. The third kappa shape index (κ3) is 15.9. The Morgan fingerprint density at radius 3 is 1.38 bits per heavy atom. The summed E-state index contributed by atoms with van der Waals surface area (Å²) in [5.74, 6) is -0.428. The minimum Gasteiger partial charge on any atom is -0.476 e. The van der Waals surface area contributed by atoms with Gasteiger partial charge in [-0.05, 0) is 23.8 Å². The average molecular weight is 1120 g/mol. The summed E-state index contributed by atoms with van der Waals surface area (Å²) in [5.41, 5.74) is 5.47. The number of carboxylic acid groups (broad SMARTS) is 1. The monoisotopic (exact) mass is 1120 g/mol. The smallest absolute Gasteiger partial charge is 0.416 e.